The number of aromatic nitrogens is 2. The summed E-state index contributed by atoms with van der Waals surface area (Å²) >= 11 is 1.15. The summed E-state index contributed by atoms with van der Waals surface area (Å²) in [5.74, 6) is 0.397. The highest BCUT2D eigenvalue weighted by Gasteiger charge is 2.28. The number of nitrogens with one attached hydrogen (secondary N) is 1. The third-order valence-electron chi connectivity index (χ3n) is 3.79. The second-order valence-corrected chi connectivity index (χ2v) is 6.32. The summed E-state index contributed by atoms with van der Waals surface area (Å²) in [5.41, 5.74) is 0. The molecule has 0 bridgehead atoms. The molecule has 2 amide bonds. The van der Waals surface area contributed by atoms with Crippen LogP contribution < -0.4 is 4.90 Å². The maximum Gasteiger partial charge on any atom is 0.416 e. The molecule has 3 rings (SSSR count). The summed E-state index contributed by atoms with van der Waals surface area (Å²) < 4.78 is 10.3. The van der Waals surface area contributed by atoms with Gasteiger partial charge < -0.3 is 14.1 Å². The Morgan fingerprint density at radius 2 is 2.09 bits per heavy atom. The predicted molar refractivity (Wildman–Crippen MR) is 76.3 cm³/mol. The van der Waals surface area contributed by atoms with Crippen molar-refractivity contribution in [1.82, 2.24) is 15.1 Å². The molecule has 8 nitrogen and oxygen atoms in total. The van der Waals surface area contributed by atoms with E-state index >= 15 is 0 Å². The van der Waals surface area contributed by atoms with Gasteiger partial charge in [-0.05, 0) is 19.3 Å². The molecule has 1 aromatic rings. The van der Waals surface area contributed by atoms with E-state index in [-0.39, 0.29) is 18.3 Å². The molecule has 3 heterocycles. The number of thioether (sulfide) groups is 1. The van der Waals surface area contributed by atoms with E-state index in [1.54, 1.807) is 0 Å². The molecule has 1 aromatic heterocycles. The number of carbonyl (C=O) groups is 2. The number of cyclic esters (lactones) is 1. The van der Waals surface area contributed by atoms with Crippen molar-refractivity contribution in [2.75, 3.05) is 32.0 Å². The number of hydrogen-bond acceptors (Lipinski definition) is 7. The number of rotatable bonds is 5. The van der Waals surface area contributed by atoms with Gasteiger partial charge >= 0.3 is 6.09 Å². The number of likely N-dealkylation sites (tertiary alicyclic amines) is 1. The molecule has 22 heavy (non-hydrogen) atoms. The first-order valence-corrected chi connectivity index (χ1v) is 8.47. The van der Waals surface area contributed by atoms with Gasteiger partial charge in [-0.3, -0.25) is 4.79 Å². The third kappa shape index (κ3) is 3.77. The van der Waals surface area contributed by atoms with Gasteiger partial charge in [-0.2, -0.15) is 0 Å². The average molecular weight is 327 g/mol. The zero-order valence-corrected chi connectivity index (χ0v) is 13.1. The molecule has 0 unspecified atom stereocenters. The zero-order chi connectivity index (χ0) is 15.4. The summed E-state index contributed by atoms with van der Waals surface area (Å²) in [6, 6.07) is 0. The van der Waals surface area contributed by atoms with Crippen molar-refractivity contribution >= 4 is 23.8 Å². The Morgan fingerprint density at radius 1 is 1.27 bits per heavy atom. The van der Waals surface area contributed by atoms with E-state index in [4.69, 9.17) is 9.15 Å². The van der Waals surface area contributed by atoms with E-state index in [2.05, 4.69) is 10.2 Å². The van der Waals surface area contributed by atoms with Crippen LogP contribution in [-0.4, -0.2) is 59.1 Å². The minimum absolute atomic E-state index is 0.0906. The number of amides is 2. The highest BCUT2D eigenvalue weighted by atomic mass is 32.2. The van der Waals surface area contributed by atoms with Gasteiger partial charge in [0.15, 0.2) is 6.54 Å². The molecule has 9 heteroatoms. The van der Waals surface area contributed by atoms with Gasteiger partial charge in [0.1, 0.15) is 6.61 Å². The topological polar surface area (TPSA) is 90.0 Å². The molecule has 0 atom stereocenters. The van der Waals surface area contributed by atoms with E-state index in [0.717, 1.165) is 36.3 Å². The second-order valence-electron chi connectivity index (χ2n) is 5.40. The Hall–Kier alpha value is -1.61. The Kier molecular flexibility index (Phi) is 4.94. The van der Waals surface area contributed by atoms with Crippen molar-refractivity contribution < 1.29 is 23.6 Å². The molecule has 2 aliphatic rings. The fourth-order valence-corrected chi connectivity index (χ4v) is 3.29. The van der Waals surface area contributed by atoms with Crippen LogP contribution in [0.4, 0.5) is 4.79 Å². The molecule has 0 aliphatic carbocycles. The van der Waals surface area contributed by atoms with Crippen LogP contribution in [0.15, 0.2) is 9.64 Å². The molecule has 0 saturated carbocycles. The number of hydrogen-bond donors (Lipinski definition) is 1. The van der Waals surface area contributed by atoms with Crippen molar-refractivity contribution in [3.05, 3.63) is 5.89 Å². The predicted octanol–water partition coefficient (Wildman–Crippen LogP) is -0.291. The number of quaternary nitrogens is 1. The highest BCUT2D eigenvalue weighted by Crippen LogP contribution is 2.17. The van der Waals surface area contributed by atoms with E-state index in [1.807, 2.05) is 0 Å². The number of nitrogens with zero attached hydrogens (tertiary/aromatic N) is 3. The first-order chi connectivity index (χ1) is 10.7. The van der Waals surface area contributed by atoms with Crippen LogP contribution in [0.3, 0.4) is 0 Å². The Morgan fingerprint density at radius 3 is 2.82 bits per heavy atom. The van der Waals surface area contributed by atoms with Crippen LogP contribution in [0.1, 0.15) is 25.2 Å². The van der Waals surface area contributed by atoms with E-state index < -0.39 is 6.09 Å². The van der Waals surface area contributed by atoms with Crippen molar-refractivity contribution in [2.24, 2.45) is 0 Å². The number of ether oxygens (including phenoxy) is 1. The lowest BCUT2D eigenvalue weighted by Gasteiger charge is -2.21. The summed E-state index contributed by atoms with van der Waals surface area (Å²) in [7, 11) is 0. The van der Waals surface area contributed by atoms with Gasteiger partial charge in [0.05, 0.1) is 25.4 Å². The minimum Gasteiger partial charge on any atom is -0.447 e. The van der Waals surface area contributed by atoms with E-state index in [0.29, 0.717) is 17.7 Å². The first-order valence-electron chi connectivity index (χ1n) is 7.48. The molecular weight excluding hydrogens is 308 g/mol. The molecule has 2 aliphatic heterocycles. The van der Waals surface area contributed by atoms with Crippen molar-refractivity contribution in [2.45, 2.75) is 31.0 Å². The smallest absolute Gasteiger partial charge is 0.416 e. The van der Waals surface area contributed by atoms with Gasteiger partial charge in [0, 0.05) is 0 Å². The molecule has 0 radical (unpaired) electrons. The van der Waals surface area contributed by atoms with Crippen LogP contribution in [-0.2, 0) is 16.1 Å². The van der Waals surface area contributed by atoms with Gasteiger partial charge in [0.25, 0.3) is 11.1 Å². The number of imide groups is 1. The molecule has 0 spiro atoms. The Bertz CT molecular complexity index is 544. The second kappa shape index (κ2) is 7.10. The normalized spacial score (nSPS) is 19.5. The average Bonchev–Trinajstić information content (AvgIpc) is 3.15. The van der Waals surface area contributed by atoms with Crippen LogP contribution >= 0.6 is 11.8 Å². The summed E-state index contributed by atoms with van der Waals surface area (Å²) in [6.45, 7) is 3.59. The molecule has 2 saturated heterocycles. The maximum atomic E-state index is 11.9. The third-order valence-corrected chi connectivity index (χ3v) is 4.59. The lowest BCUT2D eigenvalue weighted by Crippen LogP contribution is -3.11. The van der Waals surface area contributed by atoms with Crippen LogP contribution in [0.2, 0.25) is 0 Å². The Labute approximate surface area is 132 Å². The van der Waals surface area contributed by atoms with Crippen LogP contribution in [0.25, 0.3) is 0 Å². The van der Waals surface area contributed by atoms with Crippen LogP contribution in [0, 0.1) is 0 Å². The molecular formula is C13H19N4O4S+. The quantitative estimate of drug-likeness (QED) is 0.743. The van der Waals surface area contributed by atoms with Crippen molar-refractivity contribution in [3.63, 3.8) is 0 Å². The van der Waals surface area contributed by atoms with Crippen molar-refractivity contribution in [3.8, 4) is 0 Å². The molecule has 1 N–H and O–H groups in total. The Balaban J connectivity index is 1.47. The minimum atomic E-state index is -0.578. The van der Waals surface area contributed by atoms with Gasteiger partial charge in [-0.15, -0.1) is 10.2 Å². The van der Waals surface area contributed by atoms with Gasteiger partial charge in [-0.1, -0.05) is 11.8 Å². The van der Waals surface area contributed by atoms with Crippen molar-refractivity contribution in [1.29, 1.82) is 0 Å². The van der Waals surface area contributed by atoms with Gasteiger partial charge in [-0.25, -0.2) is 9.69 Å². The number of carbonyl (C=O) groups excluding carboxylic acids is 2. The van der Waals surface area contributed by atoms with E-state index in [1.165, 1.54) is 24.2 Å². The van der Waals surface area contributed by atoms with Gasteiger partial charge in [0.2, 0.25) is 5.91 Å². The largest absolute Gasteiger partial charge is 0.447 e. The van der Waals surface area contributed by atoms with E-state index in [9.17, 15) is 9.59 Å². The lowest BCUT2D eigenvalue weighted by molar-refractivity contribution is -0.919. The molecule has 0 aromatic carbocycles. The SMILES string of the molecule is O=C(CSc1nnc(C[NH+]2CCCCC2)o1)N1CCOC1=O. The zero-order valence-electron chi connectivity index (χ0n) is 12.2. The standard InChI is InChI=1S/C13H18N4O4S/c18-11(17-6-7-20-13(17)19)9-22-12-15-14-10(21-12)8-16-4-2-1-3-5-16/h1-9H2/p+1. The fraction of sp³-hybridized carbons (Fsp3) is 0.692. The monoisotopic (exact) mass is 327 g/mol. The summed E-state index contributed by atoms with van der Waals surface area (Å²) in [4.78, 5) is 25.7. The lowest BCUT2D eigenvalue weighted by atomic mass is 10.1. The molecule has 120 valence electrons. The summed E-state index contributed by atoms with van der Waals surface area (Å²) in [6.07, 6.45) is 3.21. The fourth-order valence-electron chi connectivity index (χ4n) is 2.63. The number of piperidine rings is 1. The maximum absolute atomic E-state index is 11.9. The molecule has 2 fully saturated rings. The summed E-state index contributed by atoms with van der Waals surface area (Å²) in [5, 5.41) is 8.34. The van der Waals surface area contributed by atoms with Crippen LogP contribution in [0.5, 0.6) is 0 Å². The first kappa shape index (κ1) is 15.3. The highest BCUT2D eigenvalue weighted by molar-refractivity contribution is 7.99.